The van der Waals surface area contributed by atoms with Crippen molar-refractivity contribution in [1.29, 1.82) is 0 Å². The summed E-state index contributed by atoms with van der Waals surface area (Å²) in [6, 6.07) is 18.3. The molecule has 0 atom stereocenters. The molecule has 1 N–H and O–H groups in total. The highest BCUT2D eigenvalue weighted by atomic mass is 19.1. The highest BCUT2D eigenvalue weighted by molar-refractivity contribution is 5.94. The van der Waals surface area contributed by atoms with E-state index in [2.05, 4.69) is 39.5 Å². The Bertz CT molecular complexity index is 963. The van der Waals surface area contributed by atoms with E-state index < -0.39 is 0 Å². The predicted octanol–water partition coefficient (Wildman–Crippen LogP) is 4.46. The normalized spacial score (nSPS) is 14.0. The smallest absolute Gasteiger partial charge is 0.252 e. The van der Waals surface area contributed by atoms with E-state index in [1.165, 1.54) is 49.2 Å². The molecule has 1 saturated heterocycles. The summed E-state index contributed by atoms with van der Waals surface area (Å²) in [5.74, 6) is -0.421. The number of likely N-dealkylation sites (tertiary alicyclic amines) is 1. The molecule has 0 bridgehead atoms. The predicted molar refractivity (Wildman–Crippen MR) is 117 cm³/mol. The lowest BCUT2D eigenvalue weighted by Crippen LogP contribution is -2.25. The van der Waals surface area contributed by atoms with Gasteiger partial charge in [0.05, 0.1) is 11.3 Å². The van der Waals surface area contributed by atoms with Gasteiger partial charge < -0.3 is 5.32 Å². The van der Waals surface area contributed by atoms with Crippen LogP contribution in [0, 0.1) is 5.82 Å². The van der Waals surface area contributed by atoms with Crippen LogP contribution < -0.4 is 5.32 Å². The molecular formula is C25H26FN3O. The zero-order valence-corrected chi connectivity index (χ0v) is 17.0. The number of pyridine rings is 1. The summed E-state index contributed by atoms with van der Waals surface area (Å²) < 4.78 is 13.0. The van der Waals surface area contributed by atoms with Gasteiger partial charge in [-0.05, 0) is 79.9 Å². The van der Waals surface area contributed by atoms with Crippen LogP contribution in [0.1, 0.15) is 34.3 Å². The second kappa shape index (κ2) is 9.63. The molecule has 2 heterocycles. The Hall–Kier alpha value is -3.05. The summed E-state index contributed by atoms with van der Waals surface area (Å²) in [4.78, 5) is 19.2. The molecule has 0 spiro atoms. The average molecular weight is 404 g/mol. The Labute approximate surface area is 176 Å². The maximum atomic E-state index is 13.0. The fraction of sp³-hybridized carbons (Fsp3) is 0.280. The summed E-state index contributed by atoms with van der Waals surface area (Å²) in [5, 5.41) is 2.95. The Kier molecular flexibility index (Phi) is 6.50. The van der Waals surface area contributed by atoms with Crippen molar-refractivity contribution >= 4 is 5.91 Å². The third-order valence-electron chi connectivity index (χ3n) is 5.49. The minimum Gasteiger partial charge on any atom is -0.352 e. The quantitative estimate of drug-likeness (QED) is 0.634. The van der Waals surface area contributed by atoms with Gasteiger partial charge in [-0.25, -0.2) is 4.39 Å². The van der Waals surface area contributed by atoms with Gasteiger partial charge in [0.15, 0.2) is 0 Å². The van der Waals surface area contributed by atoms with Crippen molar-refractivity contribution in [2.24, 2.45) is 0 Å². The van der Waals surface area contributed by atoms with Gasteiger partial charge >= 0.3 is 0 Å². The van der Waals surface area contributed by atoms with Gasteiger partial charge in [0.25, 0.3) is 5.91 Å². The van der Waals surface area contributed by atoms with Crippen LogP contribution in [-0.2, 0) is 13.0 Å². The number of nitrogens with zero attached hydrogens (tertiary/aromatic N) is 2. The number of rotatable bonds is 7. The summed E-state index contributed by atoms with van der Waals surface area (Å²) in [5.41, 5.74) is 4.60. The fourth-order valence-electron chi connectivity index (χ4n) is 3.75. The molecule has 1 aromatic heterocycles. The molecule has 154 valence electrons. The van der Waals surface area contributed by atoms with E-state index in [1.54, 1.807) is 30.5 Å². The largest absolute Gasteiger partial charge is 0.352 e. The summed E-state index contributed by atoms with van der Waals surface area (Å²) in [7, 11) is 0. The maximum absolute atomic E-state index is 13.0. The monoisotopic (exact) mass is 403 g/mol. The highest BCUT2D eigenvalue weighted by Crippen LogP contribution is 2.17. The van der Waals surface area contributed by atoms with Gasteiger partial charge in [0.2, 0.25) is 0 Å². The summed E-state index contributed by atoms with van der Waals surface area (Å²) in [6.45, 7) is 4.00. The van der Waals surface area contributed by atoms with E-state index in [0.717, 1.165) is 18.5 Å². The second-order valence-corrected chi connectivity index (χ2v) is 7.74. The number of nitrogens with one attached hydrogen (secondary N) is 1. The molecule has 5 heteroatoms. The number of hydrogen-bond donors (Lipinski definition) is 1. The van der Waals surface area contributed by atoms with E-state index in [-0.39, 0.29) is 11.7 Å². The lowest BCUT2D eigenvalue weighted by molar-refractivity contribution is 0.0954. The minimum absolute atomic E-state index is 0.140. The molecule has 0 saturated carbocycles. The van der Waals surface area contributed by atoms with E-state index in [0.29, 0.717) is 17.8 Å². The molecule has 0 aliphatic carbocycles. The Morgan fingerprint density at radius 1 is 0.933 bits per heavy atom. The van der Waals surface area contributed by atoms with Crippen molar-refractivity contribution in [3.63, 3.8) is 0 Å². The third-order valence-corrected chi connectivity index (χ3v) is 5.49. The maximum Gasteiger partial charge on any atom is 0.252 e. The molecule has 2 aromatic carbocycles. The number of aromatic nitrogens is 1. The highest BCUT2D eigenvalue weighted by Gasteiger charge is 2.11. The zero-order valence-electron chi connectivity index (χ0n) is 17.0. The van der Waals surface area contributed by atoms with Crippen molar-refractivity contribution in [1.82, 2.24) is 15.2 Å². The molecule has 30 heavy (non-hydrogen) atoms. The fourth-order valence-corrected chi connectivity index (χ4v) is 3.75. The summed E-state index contributed by atoms with van der Waals surface area (Å²) in [6.07, 6.45) is 4.96. The van der Waals surface area contributed by atoms with Crippen LogP contribution in [0.2, 0.25) is 0 Å². The minimum atomic E-state index is -0.282. The average Bonchev–Trinajstić information content (AvgIpc) is 3.29. The van der Waals surface area contributed by atoms with E-state index in [4.69, 9.17) is 0 Å². The van der Waals surface area contributed by atoms with Crippen LogP contribution in [-0.4, -0.2) is 35.4 Å². The molecule has 1 aliphatic rings. The van der Waals surface area contributed by atoms with Gasteiger partial charge in [-0.1, -0.05) is 24.3 Å². The second-order valence-electron chi connectivity index (χ2n) is 7.74. The van der Waals surface area contributed by atoms with Crippen LogP contribution in [0.25, 0.3) is 11.3 Å². The lowest BCUT2D eigenvalue weighted by Gasteiger charge is -2.14. The van der Waals surface area contributed by atoms with E-state index >= 15 is 0 Å². The van der Waals surface area contributed by atoms with Gasteiger partial charge in [-0.3, -0.25) is 14.7 Å². The number of carbonyl (C=O) groups is 1. The van der Waals surface area contributed by atoms with Gasteiger partial charge in [-0.2, -0.15) is 0 Å². The molecule has 4 nitrogen and oxygen atoms in total. The number of carbonyl (C=O) groups excluding carboxylic acids is 1. The Balaban J connectivity index is 1.25. The first-order valence-corrected chi connectivity index (χ1v) is 10.5. The van der Waals surface area contributed by atoms with Crippen LogP contribution in [0.15, 0.2) is 66.9 Å². The van der Waals surface area contributed by atoms with Crippen molar-refractivity contribution in [2.45, 2.75) is 25.8 Å². The number of halogens is 1. The first-order valence-electron chi connectivity index (χ1n) is 10.5. The molecule has 0 unspecified atom stereocenters. The van der Waals surface area contributed by atoms with Crippen molar-refractivity contribution in [2.75, 3.05) is 19.6 Å². The molecule has 1 amide bonds. The van der Waals surface area contributed by atoms with Crippen molar-refractivity contribution in [3.05, 3.63) is 89.4 Å². The third kappa shape index (κ3) is 5.30. The van der Waals surface area contributed by atoms with Crippen molar-refractivity contribution in [3.8, 4) is 11.3 Å². The Morgan fingerprint density at radius 3 is 2.30 bits per heavy atom. The van der Waals surface area contributed by atoms with Crippen LogP contribution in [0.4, 0.5) is 4.39 Å². The van der Waals surface area contributed by atoms with E-state index in [1.807, 2.05) is 0 Å². The summed E-state index contributed by atoms with van der Waals surface area (Å²) >= 11 is 0. The number of hydrogen-bond acceptors (Lipinski definition) is 3. The zero-order chi connectivity index (χ0) is 20.8. The van der Waals surface area contributed by atoms with Crippen LogP contribution in [0.5, 0.6) is 0 Å². The Morgan fingerprint density at radius 2 is 1.63 bits per heavy atom. The molecule has 1 aliphatic heterocycles. The SMILES string of the molecule is O=C(NCCc1ccc(CN2CCCC2)cc1)c1ccc(-c2ccc(F)cc2)nc1. The lowest BCUT2D eigenvalue weighted by atomic mass is 10.1. The van der Waals surface area contributed by atoms with Gasteiger partial charge in [0.1, 0.15) is 5.82 Å². The first-order chi connectivity index (χ1) is 14.7. The van der Waals surface area contributed by atoms with E-state index in [9.17, 15) is 9.18 Å². The topological polar surface area (TPSA) is 45.2 Å². The molecule has 4 rings (SSSR count). The van der Waals surface area contributed by atoms with Gasteiger partial charge in [-0.15, -0.1) is 0 Å². The molecule has 3 aromatic rings. The van der Waals surface area contributed by atoms with Crippen LogP contribution in [0.3, 0.4) is 0 Å². The molecular weight excluding hydrogens is 377 g/mol. The van der Waals surface area contributed by atoms with Crippen LogP contribution >= 0.6 is 0 Å². The molecule has 1 fully saturated rings. The first kappa shape index (κ1) is 20.2. The van der Waals surface area contributed by atoms with Crippen molar-refractivity contribution < 1.29 is 9.18 Å². The number of amides is 1. The van der Waals surface area contributed by atoms with Gasteiger partial charge in [0, 0.05) is 24.8 Å². The molecule has 0 radical (unpaired) electrons. The number of benzene rings is 2. The standard InChI is InChI=1S/C25H26FN3O/c26-23-10-7-21(8-11-23)24-12-9-22(17-28-24)25(30)27-14-13-19-3-5-20(6-4-19)18-29-15-1-2-16-29/h3-12,17H,1-2,13-16,18H2,(H,27,30).